The molecule has 8 heteroatoms. The summed E-state index contributed by atoms with van der Waals surface area (Å²) < 4.78 is 27.4. The lowest BCUT2D eigenvalue weighted by Gasteiger charge is -2.24. The molecule has 1 aliphatic rings. The summed E-state index contributed by atoms with van der Waals surface area (Å²) in [5.41, 5.74) is 1.02. The molecule has 6 nitrogen and oxygen atoms in total. The molecule has 0 spiro atoms. The number of nitrogens with one attached hydrogen (secondary N) is 1. The van der Waals surface area contributed by atoms with E-state index < -0.39 is 16.1 Å². The molecule has 1 aliphatic heterocycles. The lowest BCUT2D eigenvalue weighted by Crippen LogP contribution is -2.43. The zero-order valence-corrected chi connectivity index (χ0v) is 16.7. The fraction of sp³-hybridized carbons (Fsp3) is 0.444. The number of hydrogen-bond acceptors (Lipinski definition) is 5. The monoisotopic (exact) mass is 393 g/mol. The fourth-order valence-electron chi connectivity index (χ4n) is 3.03. The molecule has 1 unspecified atom stereocenters. The Kier molecular flexibility index (Phi) is 5.18. The Morgan fingerprint density at radius 1 is 1.27 bits per heavy atom. The smallest absolute Gasteiger partial charge is 0.244 e. The van der Waals surface area contributed by atoms with Crippen molar-refractivity contribution in [3.8, 4) is 0 Å². The van der Waals surface area contributed by atoms with Gasteiger partial charge in [-0.3, -0.25) is 4.79 Å². The summed E-state index contributed by atoms with van der Waals surface area (Å²) in [6.07, 6.45) is 2.77. The highest BCUT2D eigenvalue weighted by Gasteiger charge is 2.39. The van der Waals surface area contributed by atoms with Crippen molar-refractivity contribution < 1.29 is 13.2 Å². The van der Waals surface area contributed by atoms with Gasteiger partial charge in [0.1, 0.15) is 6.04 Å². The van der Waals surface area contributed by atoms with Gasteiger partial charge in [0.25, 0.3) is 0 Å². The van der Waals surface area contributed by atoms with E-state index in [9.17, 15) is 13.2 Å². The average molecular weight is 394 g/mol. The minimum absolute atomic E-state index is 0.0495. The molecule has 26 heavy (non-hydrogen) atoms. The quantitative estimate of drug-likeness (QED) is 0.865. The number of thiazole rings is 1. The zero-order chi connectivity index (χ0) is 18.9. The van der Waals surface area contributed by atoms with E-state index in [1.165, 1.54) is 15.6 Å². The van der Waals surface area contributed by atoms with E-state index in [1.54, 1.807) is 23.7 Å². The van der Waals surface area contributed by atoms with E-state index in [1.807, 2.05) is 12.1 Å². The molecule has 0 bridgehead atoms. The van der Waals surface area contributed by atoms with E-state index >= 15 is 0 Å². The first-order valence-electron chi connectivity index (χ1n) is 8.52. The van der Waals surface area contributed by atoms with Gasteiger partial charge in [-0.15, -0.1) is 11.3 Å². The molecule has 2 aromatic rings. The number of amides is 1. The first-order valence-corrected chi connectivity index (χ1v) is 10.8. The van der Waals surface area contributed by atoms with Crippen LogP contribution < -0.4 is 5.32 Å². The topological polar surface area (TPSA) is 79.4 Å². The van der Waals surface area contributed by atoms with Gasteiger partial charge in [0.2, 0.25) is 15.9 Å². The van der Waals surface area contributed by atoms with Crippen LogP contribution in [0, 0.1) is 0 Å². The molecular formula is C18H23N3O3S2. The van der Waals surface area contributed by atoms with Crippen LogP contribution in [-0.4, -0.2) is 36.2 Å². The number of aromatic nitrogens is 1. The van der Waals surface area contributed by atoms with Crippen molar-refractivity contribution in [3.05, 3.63) is 41.4 Å². The minimum atomic E-state index is -3.72. The molecular weight excluding hydrogens is 370 g/mol. The number of benzene rings is 1. The number of anilines is 1. The highest BCUT2D eigenvalue weighted by Crippen LogP contribution is 2.29. The molecule has 0 saturated carbocycles. The van der Waals surface area contributed by atoms with Gasteiger partial charge >= 0.3 is 0 Å². The van der Waals surface area contributed by atoms with Crippen LogP contribution in [0.25, 0.3) is 0 Å². The summed E-state index contributed by atoms with van der Waals surface area (Å²) in [7, 11) is -3.72. The number of sulfonamides is 1. The number of nitrogens with zero attached hydrogens (tertiary/aromatic N) is 2. The van der Waals surface area contributed by atoms with Gasteiger partial charge in [-0.1, -0.05) is 32.9 Å². The molecule has 1 saturated heterocycles. The van der Waals surface area contributed by atoms with Crippen LogP contribution in [0.2, 0.25) is 0 Å². The van der Waals surface area contributed by atoms with E-state index in [0.717, 1.165) is 5.56 Å². The highest BCUT2D eigenvalue weighted by atomic mass is 32.2. The minimum Gasteiger partial charge on any atom is -0.301 e. The number of hydrogen-bond donors (Lipinski definition) is 1. The largest absolute Gasteiger partial charge is 0.301 e. The molecule has 1 aromatic heterocycles. The van der Waals surface area contributed by atoms with Gasteiger partial charge in [-0.25, -0.2) is 13.4 Å². The average Bonchev–Trinajstić information content (AvgIpc) is 3.25. The summed E-state index contributed by atoms with van der Waals surface area (Å²) >= 11 is 1.31. The Bertz CT molecular complexity index is 869. The van der Waals surface area contributed by atoms with Crippen molar-refractivity contribution in [2.45, 2.75) is 50.0 Å². The normalized spacial score (nSPS) is 18.8. The van der Waals surface area contributed by atoms with E-state index in [0.29, 0.717) is 24.5 Å². The number of rotatable bonds is 4. The Balaban J connectivity index is 1.82. The summed E-state index contributed by atoms with van der Waals surface area (Å²) in [5.74, 6) is -0.327. The Labute approximate surface area is 158 Å². The van der Waals surface area contributed by atoms with Gasteiger partial charge < -0.3 is 5.32 Å². The maximum absolute atomic E-state index is 13.0. The van der Waals surface area contributed by atoms with Gasteiger partial charge in [-0.05, 0) is 36.0 Å². The summed E-state index contributed by atoms with van der Waals surface area (Å²) in [6, 6.07) is 6.24. The predicted molar refractivity (Wildman–Crippen MR) is 103 cm³/mol. The summed E-state index contributed by atoms with van der Waals surface area (Å²) in [5, 5.41) is 4.95. The van der Waals surface area contributed by atoms with Crippen LogP contribution in [0.5, 0.6) is 0 Å². The molecule has 3 rings (SSSR count). The van der Waals surface area contributed by atoms with Crippen LogP contribution in [0.1, 0.15) is 39.2 Å². The maximum atomic E-state index is 13.0. The molecule has 140 valence electrons. The molecule has 0 aliphatic carbocycles. The van der Waals surface area contributed by atoms with E-state index in [2.05, 4.69) is 31.1 Å². The first-order chi connectivity index (χ1) is 12.2. The van der Waals surface area contributed by atoms with Crippen LogP contribution in [0.4, 0.5) is 5.13 Å². The first kappa shape index (κ1) is 19.0. The van der Waals surface area contributed by atoms with Gasteiger partial charge in [0.05, 0.1) is 4.90 Å². The van der Waals surface area contributed by atoms with Gasteiger partial charge in [0, 0.05) is 18.1 Å². The predicted octanol–water partition coefficient (Wildman–Crippen LogP) is 3.23. The van der Waals surface area contributed by atoms with Crippen LogP contribution in [0.15, 0.2) is 40.7 Å². The third-order valence-electron chi connectivity index (χ3n) is 4.50. The molecule has 1 aromatic carbocycles. The lowest BCUT2D eigenvalue weighted by atomic mass is 9.87. The number of carbonyl (C=O) groups is 1. The van der Waals surface area contributed by atoms with Crippen molar-refractivity contribution in [2.24, 2.45) is 0 Å². The van der Waals surface area contributed by atoms with Crippen molar-refractivity contribution in [3.63, 3.8) is 0 Å². The van der Waals surface area contributed by atoms with Crippen LogP contribution in [-0.2, 0) is 20.2 Å². The lowest BCUT2D eigenvalue weighted by molar-refractivity contribution is -0.119. The highest BCUT2D eigenvalue weighted by molar-refractivity contribution is 7.89. The van der Waals surface area contributed by atoms with Crippen LogP contribution in [0.3, 0.4) is 0 Å². The molecule has 1 N–H and O–H groups in total. The summed E-state index contributed by atoms with van der Waals surface area (Å²) in [6.45, 7) is 6.58. The second-order valence-electron chi connectivity index (χ2n) is 7.37. The van der Waals surface area contributed by atoms with Gasteiger partial charge in [-0.2, -0.15) is 4.31 Å². The fourth-order valence-corrected chi connectivity index (χ4v) is 5.21. The second kappa shape index (κ2) is 7.09. The zero-order valence-electron chi connectivity index (χ0n) is 15.1. The SMILES string of the molecule is CC(C)(C)c1ccc(S(=O)(=O)N2CCCC2C(=O)Nc2nccs2)cc1. The Morgan fingerprint density at radius 3 is 2.54 bits per heavy atom. The van der Waals surface area contributed by atoms with E-state index in [4.69, 9.17) is 0 Å². The van der Waals surface area contributed by atoms with Gasteiger partial charge in [0.15, 0.2) is 5.13 Å². The molecule has 1 amide bonds. The Morgan fingerprint density at radius 2 is 1.96 bits per heavy atom. The number of carbonyl (C=O) groups excluding carboxylic acids is 1. The molecule has 2 heterocycles. The van der Waals surface area contributed by atoms with Crippen molar-refractivity contribution in [2.75, 3.05) is 11.9 Å². The van der Waals surface area contributed by atoms with Crippen molar-refractivity contribution >= 4 is 32.4 Å². The summed E-state index contributed by atoms with van der Waals surface area (Å²) in [4.78, 5) is 16.8. The standard InChI is InChI=1S/C18H23N3O3S2/c1-18(2,3)13-6-8-14(9-7-13)26(23,24)21-11-4-5-15(21)16(22)20-17-19-10-12-25-17/h6-10,12,15H,4-5,11H2,1-3H3,(H,19,20,22). The van der Waals surface area contributed by atoms with E-state index in [-0.39, 0.29) is 16.2 Å². The Hall–Kier alpha value is -1.77. The third-order valence-corrected chi connectivity index (χ3v) is 7.11. The van der Waals surface area contributed by atoms with Crippen molar-refractivity contribution in [1.82, 2.24) is 9.29 Å². The van der Waals surface area contributed by atoms with Crippen LogP contribution >= 0.6 is 11.3 Å². The second-order valence-corrected chi connectivity index (χ2v) is 10.2. The third kappa shape index (κ3) is 3.82. The molecule has 1 atom stereocenters. The maximum Gasteiger partial charge on any atom is 0.244 e. The van der Waals surface area contributed by atoms with Crippen molar-refractivity contribution in [1.29, 1.82) is 0 Å². The molecule has 0 radical (unpaired) electrons. The molecule has 1 fully saturated rings.